The van der Waals surface area contributed by atoms with Crippen molar-refractivity contribution in [2.75, 3.05) is 7.11 Å². The Kier molecular flexibility index (Phi) is 3.63. The lowest BCUT2D eigenvalue weighted by Gasteiger charge is -1.99. The lowest BCUT2D eigenvalue weighted by atomic mass is 10.2. The molecule has 0 amide bonds. The van der Waals surface area contributed by atoms with E-state index in [0.29, 0.717) is 24.0 Å². The number of rotatable bonds is 5. The number of hydrogen-bond donors (Lipinski definition) is 1. The highest BCUT2D eigenvalue weighted by Gasteiger charge is 2.07. The normalized spacial score (nSPS) is 10.5. The van der Waals surface area contributed by atoms with Gasteiger partial charge in [-0.3, -0.25) is 4.84 Å². The van der Waals surface area contributed by atoms with E-state index in [2.05, 4.69) is 20.0 Å². The Hall–Kier alpha value is -1.99. The number of nitrogens with two attached hydrogens (primary N) is 1. The third-order valence-corrected chi connectivity index (χ3v) is 2.09. The van der Waals surface area contributed by atoms with Gasteiger partial charge in [0.2, 0.25) is 5.88 Å². The lowest BCUT2D eigenvalue weighted by Crippen LogP contribution is -1.99. The maximum atomic E-state index is 4.96. The number of hydrogen-bond acceptors (Lipinski definition) is 7. The Morgan fingerprint density at radius 2 is 2.29 bits per heavy atom. The molecule has 0 atom stereocenters. The zero-order valence-corrected chi connectivity index (χ0v) is 9.29. The van der Waals surface area contributed by atoms with Crippen LogP contribution in [0.1, 0.15) is 17.3 Å². The molecule has 2 aromatic rings. The van der Waals surface area contributed by atoms with Crippen LogP contribution in [0.4, 0.5) is 0 Å². The van der Waals surface area contributed by atoms with E-state index in [-0.39, 0.29) is 6.61 Å². The SMILES string of the molecule is COc1ccc(Cc2noc(CON)n2)cn1. The van der Waals surface area contributed by atoms with Crippen LogP contribution in [0.5, 0.6) is 5.88 Å². The van der Waals surface area contributed by atoms with Gasteiger partial charge in [0, 0.05) is 18.7 Å². The van der Waals surface area contributed by atoms with Gasteiger partial charge < -0.3 is 9.26 Å². The number of aromatic nitrogens is 3. The van der Waals surface area contributed by atoms with E-state index >= 15 is 0 Å². The Labute approximate surface area is 97.5 Å². The molecule has 0 aromatic carbocycles. The fourth-order valence-corrected chi connectivity index (χ4v) is 1.31. The molecule has 0 spiro atoms. The minimum atomic E-state index is 0.105. The van der Waals surface area contributed by atoms with Crippen LogP contribution in [0.15, 0.2) is 22.9 Å². The summed E-state index contributed by atoms with van der Waals surface area (Å²) in [6.07, 6.45) is 2.24. The first-order valence-corrected chi connectivity index (χ1v) is 4.94. The molecule has 2 heterocycles. The van der Waals surface area contributed by atoms with Crippen molar-refractivity contribution in [3.8, 4) is 5.88 Å². The molecule has 17 heavy (non-hydrogen) atoms. The second-order valence-electron chi connectivity index (χ2n) is 3.30. The first-order chi connectivity index (χ1) is 8.31. The Balaban J connectivity index is 2.03. The standard InChI is InChI=1S/C10H12N4O3/c1-15-9-3-2-7(5-12-9)4-8-13-10(6-16-11)17-14-8/h2-3,5H,4,6,11H2,1H3. The summed E-state index contributed by atoms with van der Waals surface area (Å²) in [4.78, 5) is 12.6. The van der Waals surface area contributed by atoms with Gasteiger partial charge in [-0.15, -0.1) is 0 Å². The van der Waals surface area contributed by atoms with Gasteiger partial charge in [-0.25, -0.2) is 10.9 Å². The van der Waals surface area contributed by atoms with Gasteiger partial charge in [-0.2, -0.15) is 4.98 Å². The van der Waals surface area contributed by atoms with Crippen molar-refractivity contribution < 1.29 is 14.1 Å². The van der Waals surface area contributed by atoms with Gasteiger partial charge in [-0.1, -0.05) is 11.2 Å². The molecular formula is C10H12N4O3. The van der Waals surface area contributed by atoms with Crippen LogP contribution in [0.25, 0.3) is 0 Å². The van der Waals surface area contributed by atoms with Crippen molar-refractivity contribution in [1.29, 1.82) is 0 Å². The maximum Gasteiger partial charge on any atom is 0.254 e. The van der Waals surface area contributed by atoms with Gasteiger partial charge in [0.05, 0.1) is 7.11 Å². The molecule has 0 aliphatic heterocycles. The molecule has 0 saturated carbocycles. The third kappa shape index (κ3) is 2.99. The molecule has 7 heteroatoms. The van der Waals surface area contributed by atoms with E-state index in [4.69, 9.17) is 15.2 Å². The molecule has 7 nitrogen and oxygen atoms in total. The molecule has 0 bridgehead atoms. The van der Waals surface area contributed by atoms with Gasteiger partial charge in [0.15, 0.2) is 5.82 Å². The summed E-state index contributed by atoms with van der Waals surface area (Å²) in [6, 6.07) is 3.67. The second-order valence-corrected chi connectivity index (χ2v) is 3.30. The zero-order valence-electron chi connectivity index (χ0n) is 9.29. The molecule has 0 aliphatic rings. The topological polar surface area (TPSA) is 96.3 Å². The third-order valence-electron chi connectivity index (χ3n) is 2.09. The summed E-state index contributed by atoms with van der Waals surface area (Å²) in [5.41, 5.74) is 0.965. The van der Waals surface area contributed by atoms with Gasteiger partial charge in [0.1, 0.15) is 6.61 Å². The van der Waals surface area contributed by atoms with E-state index in [1.165, 1.54) is 0 Å². The van der Waals surface area contributed by atoms with Crippen molar-refractivity contribution in [1.82, 2.24) is 15.1 Å². The van der Waals surface area contributed by atoms with Crippen molar-refractivity contribution >= 4 is 0 Å². The molecule has 0 fully saturated rings. The Bertz CT molecular complexity index is 469. The fraction of sp³-hybridized carbons (Fsp3) is 0.300. The second kappa shape index (κ2) is 5.37. The maximum absolute atomic E-state index is 4.96. The summed E-state index contributed by atoms with van der Waals surface area (Å²) in [5, 5.41) is 3.79. The number of ether oxygens (including phenoxy) is 1. The monoisotopic (exact) mass is 236 g/mol. The number of pyridine rings is 1. The number of methoxy groups -OCH3 is 1. The molecule has 0 unspecified atom stereocenters. The predicted octanol–water partition coefficient (Wildman–Crippen LogP) is 0.454. The average molecular weight is 236 g/mol. The quantitative estimate of drug-likeness (QED) is 0.753. The van der Waals surface area contributed by atoms with Crippen molar-refractivity contribution in [3.63, 3.8) is 0 Å². The molecule has 2 N–H and O–H groups in total. The van der Waals surface area contributed by atoms with Crippen molar-refractivity contribution in [3.05, 3.63) is 35.6 Å². The number of nitrogens with zero attached hydrogens (tertiary/aromatic N) is 3. The first-order valence-electron chi connectivity index (χ1n) is 4.94. The largest absolute Gasteiger partial charge is 0.481 e. The van der Waals surface area contributed by atoms with E-state index in [1.54, 1.807) is 19.4 Å². The average Bonchev–Trinajstić information content (AvgIpc) is 2.78. The zero-order chi connectivity index (χ0) is 12.1. The highest BCUT2D eigenvalue weighted by Crippen LogP contribution is 2.10. The van der Waals surface area contributed by atoms with E-state index in [9.17, 15) is 0 Å². The molecular weight excluding hydrogens is 224 g/mol. The van der Waals surface area contributed by atoms with Gasteiger partial charge >= 0.3 is 0 Å². The summed E-state index contributed by atoms with van der Waals surface area (Å²) in [7, 11) is 1.57. The Morgan fingerprint density at radius 3 is 2.94 bits per heavy atom. The van der Waals surface area contributed by atoms with E-state index in [0.717, 1.165) is 5.56 Å². The van der Waals surface area contributed by atoms with E-state index < -0.39 is 0 Å². The molecule has 0 saturated heterocycles. The minimum absolute atomic E-state index is 0.105. The van der Waals surface area contributed by atoms with Gasteiger partial charge in [0.25, 0.3) is 5.89 Å². The van der Waals surface area contributed by atoms with Crippen LogP contribution < -0.4 is 10.6 Å². The highest BCUT2D eigenvalue weighted by atomic mass is 16.6. The Morgan fingerprint density at radius 1 is 1.41 bits per heavy atom. The molecule has 0 radical (unpaired) electrons. The molecule has 2 aromatic heterocycles. The summed E-state index contributed by atoms with van der Waals surface area (Å²) in [5.74, 6) is 6.38. The summed E-state index contributed by atoms with van der Waals surface area (Å²) < 4.78 is 9.88. The van der Waals surface area contributed by atoms with E-state index in [1.807, 2.05) is 6.07 Å². The van der Waals surface area contributed by atoms with Gasteiger partial charge in [-0.05, 0) is 5.56 Å². The highest BCUT2D eigenvalue weighted by molar-refractivity contribution is 5.20. The summed E-state index contributed by atoms with van der Waals surface area (Å²) in [6.45, 7) is 0.105. The van der Waals surface area contributed by atoms with Crippen LogP contribution in [0, 0.1) is 0 Å². The first kappa shape index (κ1) is 11.5. The lowest BCUT2D eigenvalue weighted by molar-refractivity contribution is 0.0995. The molecule has 2 rings (SSSR count). The predicted molar refractivity (Wildman–Crippen MR) is 56.9 cm³/mol. The minimum Gasteiger partial charge on any atom is -0.481 e. The van der Waals surface area contributed by atoms with Crippen LogP contribution >= 0.6 is 0 Å². The fourth-order valence-electron chi connectivity index (χ4n) is 1.31. The van der Waals surface area contributed by atoms with Crippen molar-refractivity contribution in [2.24, 2.45) is 5.90 Å². The van der Waals surface area contributed by atoms with Crippen LogP contribution in [-0.2, 0) is 17.9 Å². The smallest absolute Gasteiger partial charge is 0.254 e. The molecule has 90 valence electrons. The van der Waals surface area contributed by atoms with Crippen LogP contribution in [0.3, 0.4) is 0 Å². The summed E-state index contributed by atoms with van der Waals surface area (Å²) >= 11 is 0. The van der Waals surface area contributed by atoms with Crippen molar-refractivity contribution in [2.45, 2.75) is 13.0 Å². The van der Waals surface area contributed by atoms with Crippen LogP contribution in [0.2, 0.25) is 0 Å². The van der Waals surface area contributed by atoms with Crippen LogP contribution in [-0.4, -0.2) is 22.2 Å². The molecule has 0 aliphatic carbocycles.